The van der Waals surface area contributed by atoms with Gasteiger partial charge in [0.25, 0.3) is 0 Å². The number of nitrogens with zero attached hydrogens (tertiary/aromatic N) is 2. The molecule has 7 nitrogen and oxygen atoms in total. The second-order valence-electron chi connectivity index (χ2n) is 11.4. The molecule has 5 rings (SSSR count). The van der Waals surface area contributed by atoms with Crippen LogP contribution in [-0.2, 0) is 45.5 Å². The van der Waals surface area contributed by atoms with Crippen molar-refractivity contribution in [2.24, 2.45) is 0 Å². The molecular formula is C36H37ClFN3O4S. The summed E-state index contributed by atoms with van der Waals surface area (Å²) in [5.41, 5.74) is 3.12. The van der Waals surface area contributed by atoms with Crippen molar-refractivity contribution in [2.75, 3.05) is 13.1 Å². The summed E-state index contributed by atoms with van der Waals surface area (Å²) in [7, 11) is -3.54. The van der Waals surface area contributed by atoms with Crippen LogP contribution in [0.3, 0.4) is 0 Å². The first kappa shape index (κ1) is 33.3. The summed E-state index contributed by atoms with van der Waals surface area (Å²) in [5, 5.41) is 3.50. The van der Waals surface area contributed by atoms with Crippen LogP contribution in [0.15, 0.2) is 108 Å². The van der Waals surface area contributed by atoms with Crippen molar-refractivity contribution in [1.29, 1.82) is 0 Å². The highest BCUT2D eigenvalue weighted by molar-refractivity contribution is 7.89. The van der Waals surface area contributed by atoms with Gasteiger partial charge in [-0.05, 0) is 71.8 Å². The summed E-state index contributed by atoms with van der Waals surface area (Å²) in [6.45, 7) is 1.34. The number of hydrogen-bond donors (Lipinski definition) is 1. The normalized spacial score (nSPS) is 14.1. The van der Waals surface area contributed by atoms with Crippen molar-refractivity contribution in [2.45, 2.75) is 56.1 Å². The van der Waals surface area contributed by atoms with E-state index in [-0.39, 0.29) is 42.6 Å². The van der Waals surface area contributed by atoms with E-state index in [4.69, 9.17) is 11.6 Å². The lowest BCUT2D eigenvalue weighted by Gasteiger charge is -2.32. The van der Waals surface area contributed by atoms with Crippen LogP contribution in [0.5, 0.6) is 0 Å². The molecule has 1 saturated heterocycles. The number of benzene rings is 4. The first-order chi connectivity index (χ1) is 22.2. The van der Waals surface area contributed by atoms with Crippen molar-refractivity contribution in [3.8, 4) is 0 Å². The zero-order valence-corrected chi connectivity index (χ0v) is 27.0. The second-order valence-corrected chi connectivity index (χ2v) is 13.8. The van der Waals surface area contributed by atoms with Gasteiger partial charge in [-0.15, -0.1) is 0 Å². The molecule has 1 fully saturated rings. The molecule has 0 aromatic heterocycles. The molecule has 0 radical (unpaired) electrons. The quantitative estimate of drug-likeness (QED) is 0.186. The monoisotopic (exact) mass is 661 g/mol. The number of halogens is 2. The Balaban J connectivity index is 1.37. The number of rotatable bonds is 13. The van der Waals surface area contributed by atoms with Gasteiger partial charge in [0.1, 0.15) is 11.9 Å². The molecule has 4 aromatic carbocycles. The minimum Gasteiger partial charge on any atom is -0.350 e. The van der Waals surface area contributed by atoms with Gasteiger partial charge in [0.2, 0.25) is 21.8 Å². The van der Waals surface area contributed by atoms with E-state index >= 15 is 0 Å². The SMILES string of the molecule is O=C(NCc1ccccc1Cl)[C@H](Cc1ccccc1)N(Cc1ccc(F)cc1)C(=O)CCc1ccc(S(=O)(=O)N2CCCC2)cc1. The van der Waals surface area contributed by atoms with E-state index in [9.17, 15) is 22.4 Å². The number of carbonyl (C=O) groups excluding carboxylic acids is 2. The molecule has 2 amide bonds. The van der Waals surface area contributed by atoms with Gasteiger partial charge in [-0.3, -0.25) is 9.59 Å². The molecule has 0 aliphatic carbocycles. The fourth-order valence-electron chi connectivity index (χ4n) is 5.58. The second kappa shape index (κ2) is 15.5. The predicted molar refractivity (Wildman–Crippen MR) is 177 cm³/mol. The van der Waals surface area contributed by atoms with Gasteiger partial charge in [-0.2, -0.15) is 4.31 Å². The minimum atomic E-state index is -3.54. The van der Waals surface area contributed by atoms with Gasteiger partial charge in [-0.1, -0.05) is 84.4 Å². The summed E-state index contributed by atoms with van der Waals surface area (Å²) in [6.07, 6.45) is 2.42. The maximum absolute atomic E-state index is 14.0. The van der Waals surface area contributed by atoms with Gasteiger partial charge < -0.3 is 10.2 Å². The van der Waals surface area contributed by atoms with Crippen LogP contribution in [0.1, 0.15) is 41.5 Å². The molecule has 0 bridgehead atoms. The van der Waals surface area contributed by atoms with E-state index in [1.807, 2.05) is 48.5 Å². The molecule has 0 saturated carbocycles. The number of nitrogens with one attached hydrogen (secondary N) is 1. The number of carbonyl (C=O) groups is 2. The maximum Gasteiger partial charge on any atom is 0.243 e. The standard InChI is InChI=1S/C36H37ClFN3O4S/c37-33-11-5-4-10-30(33)25-39-36(43)34(24-28-8-2-1-3-9-28)41(26-29-12-17-31(38)18-13-29)35(42)21-16-27-14-19-32(20-15-27)46(44,45)40-22-6-7-23-40/h1-5,8-15,17-20,34H,6-7,16,21-26H2,(H,39,43)/t34-/m0/s1. The van der Waals surface area contributed by atoms with Crippen molar-refractivity contribution in [1.82, 2.24) is 14.5 Å². The van der Waals surface area contributed by atoms with Crippen LogP contribution in [0.4, 0.5) is 4.39 Å². The molecule has 4 aromatic rings. The summed E-state index contributed by atoms with van der Waals surface area (Å²) in [4.78, 5) is 29.7. The molecule has 1 N–H and O–H groups in total. The molecule has 1 heterocycles. The largest absolute Gasteiger partial charge is 0.350 e. The van der Waals surface area contributed by atoms with Crippen LogP contribution in [0.2, 0.25) is 5.02 Å². The van der Waals surface area contributed by atoms with Gasteiger partial charge in [0.05, 0.1) is 4.90 Å². The van der Waals surface area contributed by atoms with Crippen LogP contribution in [-0.4, -0.2) is 48.6 Å². The summed E-state index contributed by atoms with van der Waals surface area (Å²) in [6, 6.07) is 28.4. The van der Waals surface area contributed by atoms with E-state index < -0.39 is 21.9 Å². The Morgan fingerprint density at radius 1 is 0.826 bits per heavy atom. The summed E-state index contributed by atoms with van der Waals surface area (Å²) in [5.74, 6) is -0.988. The maximum atomic E-state index is 14.0. The predicted octanol–water partition coefficient (Wildman–Crippen LogP) is 6.15. The van der Waals surface area contributed by atoms with Gasteiger partial charge >= 0.3 is 0 Å². The Labute approximate surface area is 275 Å². The number of sulfonamides is 1. The zero-order valence-electron chi connectivity index (χ0n) is 25.4. The molecule has 1 aliphatic heterocycles. The van der Waals surface area contributed by atoms with E-state index in [2.05, 4.69) is 5.32 Å². The highest BCUT2D eigenvalue weighted by atomic mass is 35.5. The van der Waals surface area contributed by atoms with E-state index in [0.29, 0.717) is 30.1 Å². The third-order valence-corrected chi connectivity index (χ3v) is 10.5. The molecule has 240 valence electrons. The minimum absolute atomic E-state index is 0.0858. The van der Waals surface area contributed by atoms with Crippen molar-refractivity contribution in [3.63, 3.8) is 0 Å². The lowest BCUT2D eigenvalue weighted by Crippen LogP contribution is -2.50. The lowest BCUT2D eigenvalue weighted by molar-refractivity contribution is -0.141. The molecular weight excluding hydrogens is 625 g/mol. The molecule has 0 unspecified atom stereocenters. The number of amides is 2. The summed E-state index contributed by atoms with van der Waals surface area (Å²) >= 11 is 6.33. The van der Waals surface area contributed by atoms with Crippen LogP contribution in [0, 0.1) is 5.82 Å². The Hall–Kier alpha value is -4.05. The average molecular weight is 662 g/mol. The molecule has 10 heteroatoms. The van der Waals surface area contributed by atoms with Crippen molar-refractivity contribution in [3.05, 3.63) is 136 Å². The fourth-order valence-corrected chi connectivity index (χ4v) is 7.30. The van der Waals surface area contributed by atoms with Crippen LogP contribution >= 0.6 is 11.6 Å². The van der Waals surface area contributed by atoms with Crippen LogP contribution in [0.25, 0.3) is 0 Å². The van der Waals surface area contributed by atoms with Crippen LogP contribution < -0.4 is 5.32 Å². The van der Waals surface area contributed by atoms with Gasteiger partial charge in [-0.25, -0.2) is 12.8 Å². The Kier molecular flexibility index (Phi) is 11.2. The topological polar surface area (TPSA) is 86.8 Å². The number of hydrogen-bond acceptors (Lipinski definition) is 4. The van der Waals surface area contributed by atoms with Crippen molar-refractivity contribution >= 4 is 33.4 Å². The number of aryl methyl sites for hydroxylation is 1. The van der Waals surface area contributed by atoms with E-state index in [1.54, 1.807) is 47.4 Å². The summed E-state index contributed by atoms with van der Waals surface area (Å²) < 4.78 is 41.1. The average Bonchev–Trinajstić information content (AvgIpc) is 3.63. The first-order valence-electron chi connectivity index (χ1n) is 15.4. The third-order valence-electron chi connectivity index (χ3n) is 8.20. The highest BCUT2D eigenvalue weighted by Crippen LogP contribution is 2.23. The Morgan fingerprint density at radius 2 is 1.46 bits per heavy atom. The zero-order chi connectivity index (χ0) is 32.5. The highest BCUT2D eigenvalue weighted by Gasteiger charge is 2.31. The lowest BCUT2D eigenvalue weighted by atomic mass is 10.0. The van der Waals surface area contributed by atoms with E-state index in [1.165, 1.54) is 16.4 Å². The van der Waals surface area contributed by atoms with Gasteiger partial charge in [0.15, 0.2) is 0 Å². The van der Waals surface area contributed by atoms with Gasteiger partial charge in [0, 0.05) is 44.0 Å². The molecule has 0 spiro atoms. The Morgan fingerprint density at radius 3 is 2.13 bits per heavy atom. The third kappa shape index (κ3) is 8.60. The van der Waals surface area contributed by atoms with E-state index in [0.717, 1.165) is 29.5 Å². The molecule has 1 atom stereocenters. The van der Waals surface area contributed by atoms with Crippen molar-refractivity contribution < 1.29 is 22.4 Å². The smallest absolute Gasteiger partial charge is 0.243 e. The molecule has 46 heavy (non-hydrogen) atoms. The first-order valence-corrected chi connectivity index (χ1v) is 17.2. The fraction of sp³-hybridized carbons (Fsp3) is 0.278. The molecule has 1 aliphatic rings. The Bertz CT molecular complexity index is 1730.